The van der Waals surface area contributed by atoms with Crippen molar-refractivity contribution >= 4 is 23.4 Å². The fourth-order valence-electron chi connectivity index (χ4n) is 1.60. The fourth-order valence-corrected chi connectivity index (χ4v) is 1.81. The summed E-state index contributed by atoms with van der Waals surface area (Å²) in [5, 5.41) is 5.54. The van der Waals surface area contributed by atoms with Crippen LogP contribution < -0.4 is 10.6 Å². The third-order valence-corrected chi connectivity index (χ3v) is 3.00. The van der Waals surface area contributed by atoms with Crippen molar-refractivity contribution in [2.45, 2.75) is 39.5 Å². The van der Waals surface area contributed by atoms with Gasteiger partial charge in [0.05, 0.1) is 6.54 Å². The minimum Gasteiger partial charge on any atom is -0.355 e. The van der Waals surface area contributed by atoms with Crippen LogP contribution in [0, 0.1) is 0 Å². The van der Waals surface area contributed by atoms with Crippen molar-refractivity contribution in [2.75, 3.05) is 13.1 Å². The molecule has 1 aromatic rings. The van der Waals surface area contributed by atoms with Crippen molar-refractivity contribution in [1.82, 2.24) is 15.6 Å². The Morgan fingerprint density at radius 1 is 1.24 bits per heavy atom. The van der Waals surface area contributed by atoms with Gasteiger partial charge in [0.1, 0.15) is 5.15 Å². The Morgan fingerprint density at radius 2 is 1.90 bits per heavy atom. The summed E-state index contributed by atoms with van der Waals surface area (Å²) in [6.45, 7) is 8.49. The number of carbonyl (C=O) groups excluding carboxylic acids is 2. The number of nitrogens with zero attached hydrogens (tertiary/aromatic N) is 1. The summed E-state index contributed by atoms with van der Waals surface area (Å²) in [7, 11) is 0. The lowest BCUT2D eigenvalue weighted by molar-refractivity contribution is -0.120. The van der Waals surface area contributed by atoms with E-state index in [9.17, 15) is 9.59 Å². The summed E-state index contributed by atoms with van der Waals surface area (Å²) in [6.07, 6.45) is 0.856. The number of amides is 2. The molecule has 0 atom stereocenters. The van der Waals surface area contributed by atoms with Gasteiger partial charge in [-0.1, -0.05) is 39.3 Å². The van der Waals surface area contributed by atoms with Crippen LogP contribution in [0.1, 0.15) is 50.2 Å². The molecule has 0 bridgehead atoms. The van der Waals surface area contributed by atoms with Gasteiger partial charge in [0.25, 0.3) is 5.91 Å². The zero-order valence-electron chi connectivity index (χ0n) is 12.9. The van der Waals surface area contributed by atoms with Crippen molar-refractivity contribution in [3.8, 4) is 0 Å². The van der Waals surface area contributed by atoms with Crippen LogP contribution in [0.2, 0.25) is 5.15 Å². The highest BCUT2D eigenvalue weighted by Gasteiger charge is 2.19. The Balaban J connectivity index is 2.74. The number of rotatable bonds is 5. The van der Waals surface area contributed by atoms with Crippen LogP contribution in [0.4, 0.5) is 0 Å². The predicted octanol–water partition coefficient (Wildman–Crippen LogP) is 2.29. The van der Waals surface area contributed by atoms with E-state index < -0.39 is 0 Å². The summed E-state index contributed by atoms with van der Waals surface area (Å²) in [4.78, 5) is 27.8. The first kappa shape index (κ1) is 17.4. The van der Waals surface area contributed by atoms with Crippen LogP contribution in [-0.4, -0.2) is 29.9 Å². The molecule has 1 heterocycles. The van der Waals surface area contributed by atoms with Gasteiger partial charge in [-0.15, -0.1) is 0 Å². The molecule has 0 aliphatic carbocycles. The Labute approximate surface area is 130 Å². The molecule has 0 radical (unpaired) electrons. The molecule has 0 aliphatic heterocycles. The number of hydrogen-bond donors (Lipinski definition) is 2. The second-order valence-electron chi connectivity index (χ2n) is 5.85. The molecule has 0 aliphatic rings. The van der Waals surface area contributed by atoms with Gasteiger partial charge in [0.2, 0.25) is 5.91 Å². The zero-order valence-corrected chi connectivity index (χ0v) is 13.7. The van der Waals surface area contributed by atoms with E-state index in [0.29, 0.717) is 12.1 Å². The average molecular weight is 312 g/mol. The minimum absolute atomic E-state index is 0.0520. The lowest BCUT2D eigenvalue weighted by atomic mass is 9.91. The predicted molar refractivity (Wildman–Crippen MR) is 83.6 cm³/mol. The van der Waals surface area contributed by atoms with Gasteiger partial charge < -0.3 is 10.6 Å². The molecule has 0 unspecified atom stereocenters. The number of carbonyl (C=O) groups is 2. The van der Waals surface area contributed by atoms with E-state index in [1.54, 1.807) is 6.07 Å². The molecular formula is C15H22ClN3O2. The maximum atomic E-state index is 12.1. The lowest BCUT2D eigenvalue weighted by Gasteiger charge is -2.18. The van der Waals surface area contributed by atoms with Crippen molar-refractivity contribution in [2.24, 2.45) is 0 Å². The van der Waals surface area contributed by atoms with E-state index in [1.807, 2.05) is 27.7 Å². The molecule has 0 spiro atoms. The third kappa shape index (κ3) is 5.71. The highest BCUT2D eigenvalue weighted by Crippen LogP contribution is 2.23. The van der Waals surface area contributed by atoms with Crippen molar-refractivity contribution in [3.05, 3.63) is 28.5 Å². The first-order chi connectivity index (χ1) is 9.74. The van der Waals surface area contributed by atoms with E-state index in [1.165, 1.54) is 6.07 Å². The molecule has 0 aromatic carbocycles. The summed E-state index contributed by atoms with van der Waals surface area (Å²) in [5.41, 5.74) is 0.928. The number of nitrogens with one attached hydrogen (secondary N) is 2. The second-order valence-corrected chi connectivity index (χ2v) is 6.23. The van der Waals surface area contributed by atoms with Gasteiger partial charge >= 0.3 is 0 Å². The van der Waals surface area contributed by atoms with Crippen LogP contribution in [0.5, 0.6) is 0 Å². The number of pyridine rings is 1. The fraction of sp³-hybridized carbons (Fsp3) is 0.533. The van der Waals surface area contributed by atoms with Crippen LogP contribution >= 0.6 is 11.6 Å². The molecule has 5 nitrogen and oxygen atoms in total. The SMILES string of the molecule is CCCNC(=O)CNC(=O)c1cc(Cl)nc(C(C)(C)C)c1. The van der Waals surface area contributed by atoms with E-state index in [4.69, 9.17) is 11.6 Å². The Bertz CT molecular complexity index is 524. The molecular weight excluding hydrogens is 290 g/mol. The second kappa shape index (κ2) is 7.41. The topological polar surface area (TPSA) is 71.1 Å². The molecule has 2 amide bonds. The maximum Gasteiger partial charge on any atom is 0.251 e. The molecule has 0 saturated heterocycles. The van der Waals surface area contributed by atoms with Crippen molar-refractivity contribution in [3.63, 3.8) is 0 Å². The standard InChI is InChI=1S/C15H22ClN3O2/c1-5-6-17-13(20)9-18-14(21)10-7-11(15(2,3)4)19-12(16)8-10/h7-8H,5-6,9H2,1-4H3,(H,17,20)(H,18,21). The van der Waals surface area contributed by atoms with Gasteiger partial charge in [-0.25, -0.2) is 4.98 Å². The van der Waals surface area contributed by atoms with E-state index in [-0.39, 0.29) is 28.9 Å². The molecule has 116 valence electrons. The summed E-state index contributed by atoms with van der Waals surface area (Å²) in [6, 6.07) is 3.20. The lowest BCUT2D eigenvalue weighted by Crippen LogP contribution is -2.37. The molecule has 0 saturated carbocycles. The molecule has 0 fully saturated rings. The number of aromatic nitrogens is 1. The first-order valence-corrected chi connectivity index (χ1v) is 7.34. The zero-order chi connectivity index (χ0) is 16.0. The average Bonchev–Trinajstić information content (AvgIpc) is 2.40. The minimum atomic E-state index is -0.337. The monoisotopic (exact) mass is 311 g/mol. The summed E-state index contributed by atoms with van der Waals surface area (Å²) < 4.78 is 0. The van der Waals surface area contributed by atoms with Gasteiger partial charge in [-0.05, 0) is 18.6 Å². The van der Waals surface area contributed by atoms with Gasteiger partial charge in [0.15, 0.2) is 0 Å². The van der Waals surface area contributed by atoms with Crippen LogP contribution in [0.3, 0.4) is 0 Å². The van der Waals surface area contributed by atoms with E-state index >= 15 is 0 Å². The summed E-state index contributed by atoms with van der Waals surface area (Å²) >= 11 is 5.96. The molecule has 1 rings (SSSR count). The van der Waals surface area contributed by atoms with Crippen molar-refractivity contribution in [1.29, 1.82) is 0 Å². The Morgan fingerprint density at radius 3 is 2.48 bits per heavy atom. The van der Waals surface area contributed by atoms with Crippen molar-refractivity contribution < 1.29 is 9.59 Å². The van der Waals surface area contributed by atoms with Gasteiger partial charge in [0, 0.05) is 23.2 Å². The smallest absolute Gasteiger partial charge is 0.251 e. The summed E-state index contributed by atoms with van der Waals surface area (Å²) in [5.74, 6) is -0.544. The number of halogens is 1. The third-order valence-electron chi connectivity index (χ3n) is 2.81. The molecule has 21 heavy (non-hydrogen) atoms. The number of hydrogen-bond acceptors (Lipinski definition) is 3. The Kier molecular flexibility index (Phi) is 6.15. The molecule has 6 heteroatoms. The first-order valence-electron chi connectivity index (χ1n) is 6.97. The normalized spacial score (nSPS) is 11.1. The van der Waals surface area contributed by atoms with Crippen LogP contribution in [-0.2, 0) is 10.2 Å². The maximum absolute atomic E-state index is 12.1. The highest BCUT2D eigenvalue weighted by molar-refractivity contribution is 6.29. The van der Waals surface area contributed by atoms with Gasteiger partial charge in [-0.2, -0.15) is 0 Å². The Hall–Kier alpha value is -1.62. The van der Waals surface area contributed by atoms with Gasteiger partial charge in [-0.3, -0.25) is 9.59 Å². The highest BCUT2D eigenvalue weighted by atomic mass is 35.5. The largest absolute Gasteiger partial charge is 0.355 e. The van der Waals surface area contributed by atoms with E-state index in [0.717, 1.165) is 12.1 Å². The van der Waals surface area contributed by atoms with Crippen LogP contribution in [0.15, 0.2) is 12.1 Å². The van der Waals surface area contributed by atoms with Crippen LogP contribution in [0.25, 0.3) is 0 Å². The van der Waals surface area contributed by atoms with E-state index in [2.05, 4.69) is 15.6 Å². The molecule has 2 N–H and O–H groups in total. The quantitative estimate of drug-likeness (QED) is 0.820. The molecule has 1 aromatic heterocycles.